The van der Waals surface area contributed by atoms with E-state index < -0.39 is 6.04 Å². The molecule has 182 valence electrons. The number of benzene rings is 2. The van der Waals surface area contributed by atoms with Crippen LogP contribution in [0.25, 0.3) is 0 Å². The summed E-state index contributed by atoms with van der Waals surface area (Å²) < 4.78 is 11.0. The van der Waals surface area contributed by atoms with Crippen molar-refractivity contribution in [2.24, 2.45) is 0 Å². The normalized spacial score (nSPS) is 16.0. The highest BCUT2D eigenvalue weighted by Crippen LogP contribution is 2.34. The molecule has 1 aliphatic heterocycles. The summed E-state index contributed by atoms with van der Waals surface area (Å²) in [6.07, 6.45) is 5.67. The topological polar surface area (TPSA) is 67.9 Å². The maximum atomic E-state index is 13.8. The summed E-state index contributed by atoms with van der Waals surface area (Å²) in [5, 5.41) is 7.21. The lowest BCUT2D eigenvalue weighted by Crippen LogP contribution is -2.47. The third-order valence-electron chi connectivity index (χ3n) is 6.67. The summed E-state index contributed by atoms with van der Waals surface area (Å²) in [5.41, 5.74) is 2.65. The Bertz CT molecular complexity index is 1140. The van der Waals surface area contributed by atoms with Gasteiger partial charge in [-0.15, -0.1) is 0 Å². The Morgan fingerprint density at radius 1 is 0.971 bits per heavy atom. The molecule has 5 rings (SSSR count). The van der Waals surface area contributed by atoms with E-state index in [0.717, 1.165) is 42.4 Å². The molecule has 2 amide bonds. The van der Waals surface area contributed by atoms with Crippen molar-refractivity contribution < 1.29 is 19.1 Å². The van der Waals surface area contributed by atoms with Crippen LogP contribution in [0.1, 0.15) is 54.8 Å². The van der Waals surface area contributed by atoms with Crippen molar-refractivity contribution in [3.8, 4) is 11.5 Å². The third kappa shape index (κ3) is 5.68. The van der Waals surface area contributed by atoms with E-state index in [9.17, 15) is 9.59 Å². The monoisotopic (exact) mass is 490 g/mol. The third-order valence-corrected chi connectivity index (χ3v) is 7.40. The van der Waals surface area contributed by atoms with Gasteiger partial charge in [-0.05, 0) is 58.5 Å². The molecule has 6 nitrogen and oxygen atoms in total. The number of carbonyl (C=O) groups is 2. The fourth-order valence-electron chi connectivity index (χ4n) is 4.86. The van der Waals surface area contributed by atoms with Crippen LogP contribution in [-0.4, -0.2) is 29.5 Å². The maximum Gasteiger partial charge on any atom is 0.247 e. The molecule has 2 heterocycles. The quantitative estimate of drug-likeness (QED) is 0.469. The van der Waals surface area contributed by atoms with Crippen LogP contribution in [0.5, 0.6) is 11.5 Å². The van der Waals surface area contributed by atoms with E-state index in [0.29, 0.717) is 11.5 Å². The van der Waals surface area contributed by atoms with Gasteiger partial charge in [-0.1, -0.05) is 55.7 Å². The van der Waals surface area contributed by atoms with Gasteiger partial charge in [-0.25, -0.2) is 0 Å². The molecule has 0 unspecified atom stereocenters. The number of hydrogen-bond donors (Lipinski definition) is 1. The van der Waals surface area contributed by atoms with Crippen LogP contribution in [-0.2, 0) is 22.6 Å². The number of amides is 2. The van der Waals surface area contributed by atoms with Crippen LogP contribution in [0.4, 0.5) is 0 Å². The van der Waals surface area contributed by atoms with Crippen LogP contribution in [0.15, 0.2) is 65.4 Å². The minimum absolute atomic E-state index is 0.0892. The Morgan fingerprint density at radius 3 is 2.54 bits per heavy atom. The number of rotatable bonds is 8. The molecule has 0 saturated heterocycles. The zero-order valence-corrected chi connectivity index (χ0v) is 20.5. The van der Waals surface area contributed by atoms with Crippen molar-refractivity contribution >= 4 is 23.2 Å². The average molecular weight is 491 g/mol. The van der Waals surface area contributed by atoms with Crippen LogP contribution in [0.3, 0.4) is 0 Å². The molecule has 1 atom stereocenters. The van der Waals surface area contributed by atoms with Gasteiger partial charge in [0.1, 0.15) is 6.04 Å². The predicted molar refractivity (Wildman–Crippen MR) is 135 cm³/mol. The predicted octanol–water partition coefficient (Wildman–Crippen LogP) is 5.24. The second-order valence-corrected chi connectivity index (χ2v) is 9.95. The molecule has 7 heteroatoms. The molecule has 3 aromatic rings. The molecule has 1 aliphatic carbocycles. The molecule has 0 radical (unpaired) electrons. The Kier molecular flexibility index (Phi) is 7.33. The second-order valence-electron chi connectivity index (χ2n) is 9.17. The van der Waals surface area contributed by atoms with E-state index in [1.807, 2.05) is 65.4 Å². The van der Waals surface area contributed by atoms with Gasteiger partial charge >= 0.3 is 0 Å². The Morgan fingerprint density at radius 2 is 1.77 bits per heavy atom. The molecular weight excluding hydrogens is 460 g/mol. The molecule has 35 heavy (non-hydrogen) atoms. The number of carbonyl (C=O) groups excluding carboxylic acids is 2. The van der Waals surface area contributed by atoms with Crippen LogP contribution >= 0.6 is 11.3 Å². The SMILES string of the molecule is O=C(NC1CCCCC1)[C@@H](c1ccccc1)N(Cc1ccc2c(c1)OCO2)C(=O)Cc1ccsc1. The van der Waals surface area contributed by atoms with Gasteiger partial charge < -0.3 is 19.7 Å². The summed E-state index contributed by atoms with van der Waals surface area (Å²) in [5.74, 6) is 1.14. The molecule has 1 N–H and O–H groups in total. The molecule has 0 spiro atoms. The molecule has 2 aliphatic rings. The standard InChI is InChI=1S/C28H30N2O4S/c31-26(16-21-13-14-35-18-21)30(17-20-11-12-24-25(15-20)34-19-33-24)27(22-7-3-1-4-8-22)28(32)29-23-9-5-2-6-10-23/h1,3-4,7-8,11-15,18,23,27H,2,5-6,9-10,16-17,19H2,(H,29,32)/t27-/m1/s1. The Hall–Kier alpha value is -3.32. The lowest BCUT2D eigenvalue weighted by Gasteiger charge is -2.33. The average Bonchev–Trinajstić information content (AvgIpc) is 3.56. The van der Waals surface area contributed by atoms with E-state index >= 15 is 0 Å². The van der Waals surface area contributed by atoms with E-state index in [2.05, 4.69) is 5.32 Å². The molecular formula is C28H30N2O4S. The minimum atomic E-state index is -0.727. The molecule has 0 bridgehead atoms. The summed E-state index contributed by atoms with van der Waals surface area (Å²) >= 11 is 1.56. The van der Waals surface area contributed by atoms with Crippen molar-refractivity contribution in [1.29, 1.82) is 0 Å². The second kappa shape index (κ2) is 11.0. The van der Waals surface area contributed by atoms with Crippen LogP contribution in [0, 0.1) is 0 Å². The summed E-state index contributed by atoms with van der Waals surface area (Å²) in [6.45, 7) is 0.479. The van der Waals surface area contributed by atoms with Gasteiger partial charge in [0.25, 0.3) is 0 Å². The molecule has 1 saturated carbocycles. The van der Waals surface area contributed by atoms with Gasteiger partial charge in [-0.3, -0.25) is 9.59 Å². The van der Waals surface area contributed by atoms with E-state index in [-0.39, 0.29) is 37.6 Å². The number of fused-ring (bicyclic) bond motifs is 1. The number of nitrogens with zero attached hydrogens (tertiary/aromatic N) is 1. The highest BCUT2D eigenvalue weighted by Gasteiger charge is 2.33. The first-order valence-electron chi connectivity index (χ1n) is 12.2. The van der Waals surface area contributed by atoms with Crippen LogP contribution in [0.2, 0.25) is 0 Å². The summed E-state index contributed by atoms with van der Waals surface area (Å²) in [4.78, 5) is 29.3. The van der Waals surface area contributed by atoms with E-state index in [1.54, 1.807) is 16.2 Å². The Balaban J connectivity index is 1.47. The fourth-order valence-corrected chi connectivity index (χ4v) is 5.53. The lowest BCUT2D eigenvalue weighted by atomic mass is 9.94. The van der Waals surface area contributed by atoms with Crippen molar-refractivity contribution in [2.45, 2.75) is 57.2 Å². The van der Waals surface area contributed by atoms with Gasteiger partial charge in [-0.2, -0.15) is 11.3 Å². The molecule has 2 aromatic carbocycles. The maximum absolute atomic E-state index is 13.8. The summed E-state index contributed by atoms with van der Waals surface area (Å²) in [6, 6.07) is 16.7. The van der Waals surface area contributed by atoms with Crippen molar-refractivity contribution in [1.82, 2.24) is 10.2 Å². The number of nitrogens with one attached hydrogen (secondary N) is 1. The van der Waals surface area contributed by atoms with Crippen molar-refractivity contribution in [3.63, 3.8) is 0 Å². The van der Waals surface area contributed by atoms with Crippen LogP contribution < -0.4 is 14.8 Å². The van der Waals surface area contributed by atoms with E-state index in [1.165, 1.54) is 6.42 Å². The smallest absolute Gasteiger partial charge is 0.247 e. The van der Waals surface area contributed by atoms with Gasteiger partial charge in [0, 0.05) is 12.6 Å². The first kappa shape index (κ1) is 23.4. The lowest BCUT2D eigenvalue weighted by molar-refractivity contribution is -0.141. The first-order valence-corrected chi connectivity index (χ1v) is 13.2. The zero-order valence-electron chi connectivity index (χ0n) is 19.7. The number of ether oxygens (including phenoxy) is 2. The number of hydrogen-bond acceptors (Lipinski definition) is 5. The highest BCUT2D eigenvalue weighted by atomic mass is 32.1. The van der Waals surface area contributed by atoms with Crippen molar-refractivity contribution in [2.75, 3.05) is 6.79 Å². The van der Waals surface area contributed by atoms with Gasteiger partial charge in [0.05, 0.1) is 6.42 Å². The molecule has 1 aromatic heterocycles. The molecule has 1 fully saturated rings. The fraction of sp³-hybridized carbons (Fsp3) is 0.357. The first-order chi connectivity index (χ1) is 17.2. The largest absolute Gasteiger partial charge is 0.454 e. The van der Waals surface area contributed by atoms with Crippen molar-refractivity contribution in [3.05, 3.63) is 82.0 Å². The van der Waals surface area contributed by atoms with Gasteiger partial charge in [0.15, 0.2) is 11.5 Å². The zero-order chi connectivity index (χ0) is 24.0. The van der Waals surface area contributed by atoms with E-state index in [4.69, 9.17) is 9.47 Å². The highest BCUT2D eigenvalue weighted by molar-refractivity contribution is 7.08. The minimum Gasteiger partial charge on any atom is -0.454 e. The van der Waals surface area contributed by atoms with Gasteiger partial charge in [0.2, 0.25) is 18.6 Å². The Labute approximate surface area is 209 Å². The summed E-state index contributed by atoms with van der Waals surface area (Å²) in [7, 11) is 0. The number of thiophene rings is 1.